The summed E-state index contributed by atoms with van der Waals surface area (Å²) >= 11 is 10.8. The second-order valence-corrected chi connectivity index (χ2v) is 6.57. The van der Waals surface area contributed by atoms with Crippen molar-refractivity contribution in [2.24, 2.45) is 0 Å². The lowest BCUT2D eigenvalue weighted by Crippen LogP contribution is -2.02. The number of hydrogen-bond acceptors (Lipinski definition) is 4. The van der Waals surface area contributed by atoms with E-state index < -0.39 is 0 Å². The maximum atomic E-state index is 5.89. The minimum atomic E-state index is 0.584. The standard InChI is InChI=1S/C12H8BrClN4S/c13-9-3-1-8(2-4-9)12-15-17-18(16-12)7-10-5-6-11(14)19-10/h1-6H,7H2. The Bertz CT molecular complexity index is 692. The van der Waals surface area contributed by atoms with Crippen LogP contribution < -0.4 is 0 Å². The molecule has 2 heterocycles. The van der Waals surface area contributed by atoms with Crippen LogP contribution in [-0.4, -0.2) is 20.2 Å². The molecule has 1 aromatic carbocycles. The molecule has 0 unspecified atom stereocenters. The Morgan fingerprint density at radius 3 is 2.63 bits per heavy atom. The van der Waals surface area contributed by atoms with Crippen LogP contribution in [0.25, 0.3) is 11.4 Å². The van der Waals surface area contributed by atoms with E-state index in [0.29, 0.717) is 12.4 Å². The molecule has 7 heteroatoms. The average Bonchev–Trinajstić information content (AvgIpc) is 3.00. The van der Waals surface area contributed by atoms with Crippen LogP contribution in [0.5, 0.6) is 0 Å². The van der Waals surface area contributed by atoms with Crippen molar-refractivity contribution in [3.05, 3.63) is 50.1 Å². The maximum absolute atomic E-state index is 5.89. The summed E-state index contributed by atoms with van der Waals surface area (Å²) in [4.78, 5) is 2.67. The molecule has 0 amide bonds. The molecule has 0 aliphatic heterocycles. The number of aromatic nitrogens is 4. The lowest BCUT2D eigenvalue weighted by molar-refractivity contribution is 0.578. The second kappa shape index (κ2) is 5.40. The molecule has 0 saturated carbocycles. The normalized spacial score (nSPS) is 10.8. The Kier molecular flexibility index (Phi) is 3.63. The summed E-state index contributed by atoms with van der Waals surface area (Å²) in [5.74, 6) is 0.621. The van der Waals surface area contributed by atoms with E-state index in [0.717, 1.165) is 19.2 Å². The van der Waals surface area contributed by atoms with E-state index >= 15 is 0 Å². The van der Waals surface area contributed by atoms with E-state index in [-0.39, 0.29) is 0 Å². The Labute approximate surface area is 127 Å². The zero-order valence-electron chi connectivity index (χ0n) is 9.62. The molecule has 0 atom stereocenters. The summed E-state index contributed by atoms with van der Waals surface area (Å²) in [6, 6.07) is 11.6. The highest BCUT2D eigenvalue weighted by atomic mass is 79.9. The van der Waals surface area contributed by atoms with Crippen molar-refractivity contribution in [1.82, 2.24) is 20.2 Å². The van der Waals surface area contributed by atoms with E-state index in [1.807, 2.05) is 36.4 Å². The van der Waals surface area contributed by atoms with Gasteiger partial charge in [-0.05, 0) is 41.6 Å². The van der Waals surface area contributed by atoms with Gasteiger partial charge < -0.3 is 0 Å². The number of nitrogens with zero attached hydrogens (tertiary/aromatic N) is 4. The lowest BCUT2D eigenvalue weighted by Gasteiger charge is -1.95. The topological polar surface area (TPSA) is 43.6 Å². The predicted molar refractivity (Wildman–Crippen MR) is 79.4 cm³/mol. The van der Waals surface area contributed by atoms with Gasteiger partial charge in [0.2, 0.25) is 5.82 Å². The first kappa shape index (κ1) is 12.8. The fraction of sp³-hybridized carbons (Fsp3) is 0.0833. The van der Waals surface area contributed by atoms with Gasteiger partial charge in [0.15, 0.2) is 0 Å². The lowest BCUT2D eigenvalue weighted by atomic mass is 10.2. The second-order valence-electron chi connectivity index (χ2n) is 3.86. The molecule has 0 saturated heterocycles. The average molecular weight is 356 g/mol. The molecule has 0 spiro atoms. The molecular weight excluding hydrogens is 348 g/mol. The highest BCUT2D eigenvalue weighted by Gasteiger charge is 2.07. The van der Waals surface area contributed by atoms with E-state index in [1.165, 1.54) is 11.3 Å². The summed E-state index contributed by atoms with van der Waals surface area (Å²) in [5.41, 5.74) is 0.943. The number of thiophene rings is 1. The van der Waals surface area contributed by atoms with Gasteiger partial charge in [-0.1, -0.05) is 27.5 Å². The van der Waals surface area contributed by atoms with Gasteiger partial charge in [-0.2, -0.15) is 4.80 Å². The van der Waals surface area contributed by atoms with Gasteiger partial charge in [0.1, 0.15) is 0 Å². The molecule has 3 aromatic rings. The van der Waals surface area contributed by atoms with Crippen molar-refractivity contribution < 1.29 is 0 Å². The van der Waals surface area contributed by atoms with Crippen LogP contribution in [0.4, 0.5) is 0 Å². The largest absolute Gasteiger partial charge is 0.204 e. The van der Waals surface area contributed by atoms with Crippen LogP contribution in [0, 0.1) is 0 Å². The third-order valence-electron chi connectivity index (χ3n) is 2.48. The van der Waals surface area contributed by atoms with Crippen molar-refractivity contribution >= 4 is 38.9 Å². The third-order valence-corrected chi connectivity index (χ3v) is 4.23. The van der Waals surface area contributed by atoms with Crippen molar-refractivity contribution in [3.63, 3.8) is 0 Å². The van der Waals surface area contributed by atoms with Gasteiger partial charge in [0.25, 0.3) is 0 Å². The highest BCUT2D eigenvalue weighted by molar-refractivity contribution is 9.10. The molecule has 96 valence electrons. The van der Waals surface area contributed by atoms with Crippen LogP contribution in [-0.2, 0) is 6.54 Å². The van der Waals surface area contributed by atoms with E-state index in [1.54, 1.807) is 4.80 Å². The Morgan fingerprint density at radius 1 is 1.16 bits per heavy atom. The van der Waals surface area contributed by atoms with Crippen molar-refractivity contribution in [1.29, 1.82) is 0 Å². The van der Waals surface area contributed by atoms with Gasteiger partial charge in [-0.3, -0.25) is 0 Å². The Hall–Kier alpha value is -1.24. The number of rotatable bonds is 3. The van der Waals surface area contributed by atoms with Crippen molar-refractivity contribution in [3.8, 4) is 11.4 Å². The van der Waals surface area contributed by atoms with Gasteiger partial charge >= 0.3 is 0 Å². The first-order valence-corrected chi connectivity index (χ1v) is 7.47. The molecule has 19 heavy (non-hydrogen) atoms. The fourth-order valence-electron chi connectivity index (χ4n) is 1.60. The Morgan fingerprint density at radius 2 is 1.95 bits per heavy atom. The molecule has 3 rings (SSSR count). The van der Waals surface area contributed by atoms with Gasteiger partial charge in [-0.15, -0.1) is 21.5 Å². The van der Waals surface area contributed by atoms with Crippen molar-refractivity contribution in [2.75, 3.05) is 0 Å². The summed E-state index contributed by atoms with van der Waals surface area (Å²) in [6.45, 7) is 0.584. The third kappa shape index (κ3) is 3.02. The molecule has 4 nitrogen and oxygen atoms in total. The zero-order valence-corrected chi connectivity index (χ0v) is 12.8. The summed E-state index contributed by atoms with van der Waals surface area (Å²) in [5, 5.41) is 12.5. The number of benzene rings is 1. The minimum absolute atomic E-state index is 0.584. The molecule has 0 N–H and O–H groups in total. The maximum Gasteiger partial charge on any atom is 0.204 e. The van der Waals surface area contributed by atoms with E-state index in [9.17, 15) is 0 Å². The fourth-order valence-corrected chi connectivity index (χ4v) is 2.93. The van der Waals surface area contributed by atoms with Crippen LogP contribution in [0.15, 0.2) is 40.9 Å². The van der Waals surface area contributed by atoms with Crippen LogP contribution >= 0.6 is 38.9 Å². The molecule has 0 bridgehead atoms. The first-order chi connectivity index (χ1) is 9.20. The van der Waals surface area contributed by atoms with Gasteiger partial charge in [0, 0.05) is 14.9 Å². The van der Waals surface area contributed by atoms with Crippen LogP contribution in [0.2, 0.25) is 4.34 Å². The molecule has 0 fully saturated rings. The molecular formula is C12H8BrClN4S. The Balaban J connectivity index is 1.81. The minimum Gasteiger partial charge on any atom is -0.159 e. The van der Waals surface area contributed by atoms with E-state index in [2.05, 4.69) is 31.3 Å². The van der Waals surface area contributed by atoms with E-state index in [4.69, 9.17) is 11.6 Å². The SMILES string of the molecule is Clc1ccc(Cn2nnc(-c3ccc(Br)cc3)n2)s1. The summed E-state index contributed by atoms with van der Waals surface area (Å²) < 4.78 is 1.79. The molecule has 2 aromatic heterocycles. The van der Waals surface area contributed by atoms with Crippen LogP contribution in [0.1, 0.15) is 4.88 Å². The number of tetrazole rings is 1. The van der Waals surface area contributed by atoms with Gasteiger partial charge in [-0.25, -0.2) is 0 Å². The highest BCUT2D eigenvalue weighted by Crippen LogP contribution is 2.22. The zero-order chi connectivity index (χ0) is 13.2. The summed E-state index contributed by atoms with van der Waals surface area (Å²) in [7, 11) is 0. The summed E-state index contributed by atoms with van der Waals surface area (Å²) in [6.07, 6.45) is 0. The first-order valence-electron chi connectivity index (χ1n) is 5.49. The molecule has 0 aliphatic carbocycles. The quantitative estimate of drug-likeness (QED) is 0.716. The van der Waals surface area contributed by atoms with Crippen molar-refractivity contribution in [2.45, 2.75) is 6.54 Å². The molecule has 0 radical (unpaired) electrons. The number of halogens is 2. The molecule has 0 aliphatic rings. The smallest absolute Gasteiger partial charge is 0.159 e. The van der Waals surface area contributed by atoms with Crippen LogP contribution in [0.3, 0.4) is 0 Å². The number of hydrogen-bond donors (Lipinski definition) is 0. The predicted octanol–water partition coefficient (Wildman–Crippen LogP) is 3.87. The van der Waals surface area contributed by atoms with Gasteiger partial charge in [0.05, 0.1) is 10.9 Å². The monoisotopic (exact) mass is 354 g/mol.